The molecule has 2 aromatic rings. The van der Waals surface area contributed by atoms with Crippen LogP contribution >= 0.6 is 0 Å². The summed E-state index contributed by atoms with van der Waals surface area (Å²) in [6, 6.07) is 7.69. The van der Waals surface area contributed by atoms with E-state index in [1.807, 2.05) is 0 Å². The molecule has 0 radical (unpaired) electrons. The second-order valence-electron chi connectivity index (χ2n) is 7.35. The van der Waals surface area contributed by atoms with Crippen LogP contribution in [0.3, 0.4) is 0 Å². The quantitative estimate of drug-likeness (QED) is 0.406. The van der Waals surface area contributed by atoms with Gasteiger partial charge in [0, 0.05) is 36.1 Å². The molecule has 2 aromatic carbocycles. The topological polar surface area (TPSA) is 58.6 Å². The van der Waals surface area contributed by atoms with E-state index in [0.29, 0.717) is 17.8 Å². The number of nitrogens with zero attached hydrogens (tertiary/aromatic N) is 1. The summed E-state index contributed by atoms with van der Waals surface area (Å²) in [6.07, 6.45) is -12.4. The average molecular weight is 494 g/mol. The molecule has 0 spiro atoms. The van der Waals surface area contributed by atoms with Crippen LogP contribution in [0, 0.1) is 6.92 Å². The first kappa shape index (κ1) is 26.9. The first-order valence-corrected chi connectivity index (χ1v) is 9.75. The van der Waals surface area contributed by atoms with Crippen LogP contribution in [-0.2, 0) is 15.2 Å². The molecule has 0 aliphatic heterocycles. The Balaban J connectivity index is 2.30. The van der Waals surface area contributed by atoms with Crippen molar-refractivity contribution in [2.45, 2.75) is 31.4 Å². The molecule has 0 unspecified atom stereocenters. The summed E-state index contributed by atoms with van der Waals surface area (Å²) in [6.45, 7) is 1.39. The number of halogens is 7. The number of methoxy groups -OCH3 is 1. The highest BCUT2D eigenvalue weighted by Crippen LogP contribution is 2.53. The summed E-state index contributed by atoms with van der Waals surface area (Å²) >= 11 is 0. The molecule has 0 fully saturated rings. The molecule has 2 rings (SSSR count). The summed E-state index contributed by atoms with van der Waals surface area (Å²) in [5.41, 5.74) is -6.73. The number of rotatable bonds is 7. The van der Waals surface area contributed by atoms with Gasteiger partial charge in [0.2, 0.25) is 0 Å². The molecule has 0 aliphatic carbocycles. The van der Waals surface area contributed by atoms with Gasteiger partial charge in [0.1, 0.15) is 0 Å². The van der Waals surface area contributed by atoms with Gasteiger partial charge >= 0.3 is 24.0 Å². The van der Waals surface area contributed by atoms with Gasteiger partial charge in [-0.05, 0) is 36.8 Å². The van der Waals surface area contributed by atoms with E-state index in [1.165, 1.54) is 33.2 Å². The van der Waals surface area contributed by atoms with Gasteiger partial charge in [0.05, 0.1) is 13.5 Å². The number of hydrogen-bond donors (Lipinski definition) is 1. The van der Waals surface area contributed by atoms with Crippen LogP contribution in [0.25, 0.3) is 0 Å². The predicted molar refractivity (Wildman–Crippen MR) is 110 cm³/mol. The Bertz CT molecular complexity index is 1040. The number of nitrogens with one attached hydrogen (secondary N) is 1. The standard InChI is InChI=1S/C22H21F7N2O3/c1-13-11-15(20(23,21(24,25)26)22(27,28)29)7-8-17(13)31(2)19(33)14-5-4-6-16(12-14)30-10-9-18(32)34-3/h4-8,11-12,30H,9-10H2,1-3H3. The second-order valence-corrected chi connectivity index (χ2v) is 7.35. The first-order valence-electron chi connectivity index (χ1n) is 9.75. The minimum Gasteiger partial charge on any atom is -0.469 e. The van der Waals surface area contributed by atoms with Crippen molar-refractivity contribution in [1.82, 2.24) is 0 Å². The van der Waals surface area contributed by atoms with E-state index in [0.717, 1.165) is 11.0 Å². The molecule has 0 heterocycles. The van der Waals surface area contributed by atoms with E-state index in [9.17, 15) is 40.3 Å². The van der Waals surface area contributed by atoms with E-state index in [2.05, 4.69) is 10.1 Å². The zero-order chi connectivity index (χ0) is 25.9. The third-order valence-electron chi connectivity index (χ3n) is 5.04. The van der Waals surface area contributed by atoms with Gasteiger partial charge in [-0.25, -0.2) is 4.39 Å². The van der Waals surface area contributed by atoms with Crippen LogP contribution in [0.1, 0.15) is 27.9 Å². The highest BCUT2D eigenvalue weighted by molar-refractivity contribution is 6.06. The average Bonchev–Trinajstić information content (AvgIpc) is 2.76. The number of carbonyl (C=O) groups excluding carboxylic acids is 2. The van der Waals surface area contributed by atoms with Crippen LogP contribution < -0.4 is 10.2 Å². The lowest BCUT2D eigenvalue weighted by Crippen LogP contribution is -2.50. The largest absolute Gasteiger partial charge is 0.469 e. The summed E-state index contributed by atoms with van der Waals surface area (Å²) in [4.78, 5) is 25.1. The number of amides is 1. The Morgan fingerprint density at radius 3 is 2.12 bits per heavy atom. The molecule has 0 bridgehead atoms. The lowest BCUT2D eigenvalue weighted by Gasteiger charge is -2.31. The van der Waals surface area contributed by atoms with Gasteiger partial charge in [0.15, 0.2) is 0 Å². The molecule has 1 N–H and O–H groups in total. The van der Waals surface area contributed by atoms with Crippen molar-refractivity contribution in [3.63, 3.8) is 0 Å². The molecule has 0 atom stereocenters. The van der Waals surface area contributed by atoms with Gasteiger partial charge in [-0.15, -0.1) is 0 Å². The van der Waals surface area contributed by atoms with Crippen molar-refractivity contribution in [1.29, 1.82) is 0 Å². The molecule has 12 heteroatoms. The highest BCUT2D eigenvalue weighted by Gasteiger charge is 2.73. The van der Waals surface area contributed by atoms with Crippen molar-refractivity contribution in [2.24, 2.45) is 0 Å². The lowest BCUT2D eigenvalue weighted by atomic mass is 9.92. The van der Waals surface area contributed by atoms with Gasteiger partial charge in [0.25, 0.3) is 5.91 Å². The third-order valence-corrected chi connectivity index (χ3v) is 5.04. The van der Waals surface area contributed by atoms with Crippen LogP contribution in [0.5, 0.6) is 0 Å². The van der Waals surface area contributed by atoms with Crippen molar-refractivity contribution in [3.05, 3.63) is 59.2 Å². The van der Waals surface area contributed by atoms with Crippen molar-refractivity contribution < 1.29 is 45.1 Å². The fourth-order valence-corrected chi connectivity index (χ4v) is 3.21. The molecule has 0 saturated carbocycles. The Labute approximate surface area is 190 Å². The van der Waals surface area contributed by atoms with Crippen LogP contribution in [0.2, 0.25) is 0 Å². The minimum absolute atomic E-state index is 0.00972. The Morgan fingerprint density at radius 1 is 0.971 bits per heavy atom. The van der Waals surface area contributed by atoms with Crippen molar-refractivity contribution in [2.75, 3.05) is 30.9 Å². The van der Waals surface area contributed by atoms with Crippen molar-refractivity contribution >= 4 is 23.3 Å². The zero-order valence-electron chi connectivity index (χ0n) is 18.3. The molecule has 34 heavy (non-hydrogen) atoms. The maximum Gasteiger partial charge on any atom is 0.435 e. The zero-order valence-corrected chi connectivity index (χ0v) is 18.3. The van der Waals surface area contributed by atoms with Crippen LogP contribution in [0.15, 0.2) is 42.5 Å². The van der Waals surface area contributed by atoms with E-state index in [4.69, 9.17) is 0 Å². The molecule has 5 nitrogen and oxygen atoms in total. The number of carbonyl (C=O) groups is 2. The molecule has 0 aromatic heterocycles. The molecule has 1 amide bonds. The summed E-state index contributed by atoms with van der Waals surface area (Å²) in [5, 5.41) is 2.92. The minimum atomic E-state index is -6.23. The Morgan fingerprint density at radius 2 is 1.59 bits per heavy atom. The fourth-order valence-electron chi connectivity index (χ4n) is 3.21. The molecule has 186 valence electrons. The maximum atomic E-state index is 14.3. The summed E-state index contributed by atoms with van der Waals surface area (Å²) in [7, 11) is 2.52. The highest BCUT2D eigenvalue weighted by atomic mass is 19.4. The number of aryl methyl sites for hydroxylation is 1. The molecule has 0 aliphatic rings. The SMILES string of the molecule is COC(=O)CCNc1cccc(C(=O)N(C)c2ccc(C(F)(C(F)(F)F)C(F)(F)F)cc2C)c1. The van der Waals surface area contributed by atoms with Gasteiger partial charge in [-0.2, -0.15) is 26.3 Å². The van der Waals surface area contributed by atoms with E-state index in [1.54, 1.807) is 12.1 Å². The number of anilines is 2. The van der Waals surface area contributed by atoms with Gasteiger partial charge in [-0.1, -0.05) is 18.2 Å². The summed E-state index contributed by atoms with van der Waals surface area (Å²) < 4.78 is 97.0. The monoisotopic (exact) mass is 494 g/mol. The molecule has 0 saturated heterocycles. The predicted octanol–water partition coefficient (Wildman–Crippen LogP) is 5.54. The number of ether oxygens (including phenoxy) is 1. The van der Waals surface area contributed by atoms with Crippen molar-refractivity contribution in [3.8, 4) is 0 Å². The Hall–Kier alpha value is -3.31. The van der Waals surface area contributed by atoms with Crippen LogP contribution in [-0.4, -0.2) is 44.9 Å². The maximum absolute atomic E-state index is 14.3. The number of esters is 1. The normalized spacial score (nSPS) is 12.3. The lowest BCUT2D eigenvalue weighted by molar-refractivity contribution is -0.348. The van der Waals surface area contributed by atoms with Gasteiger partial charge < -0.3 is 15.0 Å². The second kappa shape index (κ2) is 9.90. The third kappa shape index (κ3) is 5.42. The fraction of sp³-hybridized carbons (Fsp3) is 0.364. The number of alkyl halides is 7. The number of hydrogen-bond acceptors (Lipinski definition) is 4. The van der Waals surface area contributed by atoms with Crippen LogP contribution in [0.4, 0.5) is 42.1 Å². The first-order chi connectivity index (χ1) is 15.6. The smallest absolute Gasteiger partial charge is 0.435 e. The van der Waals surface area contributed by atoms with Gasteiger partial charge in [-0.3, -0.25) is 9.59 Å². The summed E-state index contributed by atoms with van der Waals surface area (Å²) in [5.74, 6) is -1.06. The molecular formula is C22H21F7N2O3. The van der Waals surface area contributed by atoms with E-state index in [-0.39, 0.29) is 29.8 Å². The Kier molecular flexibility index (Phi) is 7.84. The van der Waals surface area contributed by atoms with E-state index >= 15 is 0 Å². The van der Waals surface area contributed by atoms with E-state index < -0.39 is 35.5 Å². The molecular weight excluding hydrogens is 473 g/mol. The number of benzene rings is 2.